The number of amides is 2. The zero-order chi connectivity index (χ0) is 90.6. The SMILES string of the molecule is C/C=C/C(=O)O.C=C(C)C(=O)NC(CC(=O)O)CC(=O)O.C=C(C)C(=O)Nc1ccccc1.C=C(C)C(=O)O.C=C(C)CC.C=C(C)CC.C=C(C)CC.C=C(C)CC.C=C(C)CCC.C=C(C)CCC.C=C(C)CCC.C=C(C)COCOc1ccccc1.C=C(C)c1ccccc1.CC.CC.CC(=O)O.CC(=O)O. The number of anilines is 1. The van der Waals surface area contributed by atoms with Gasteiger partial charge in [0, 0.05) is 42.3 Å². The van der Waals surface area contributed by atoms with Crippen LogP contribution >= 0.6 is 0 Å². The summed E-state index contributed by atoms with van der Waals surface area (Å²) in [6.45, 7) is 93.9. The number of rotatable bonds is 26. The van der Waals surface area contributed by atoms with Crippen molar-refractivity contribution < 1.29 is 78.5 Å². The van der Waals surface area contributed by atoms with E-state index in [1.807, 2.05) is 148 Å². The first-order valence-electron chi connectivity index (χ1n) is 37.1. The van der Waals surface area contributed by atoms with Gasteiger partial charge < -0.3 is 50.7 Å². The molecule has 0 bridgehead atoms. The van der Waals surface area contributed by atoms with E-state index < -0.39 is 60.6 Å². The Balaban J connectivity index is -0.0000000769. The van der Waals surface area contributed by atoms with Gasteiger partial charge in [-0.15, -0.1) is 46.1 Å². The molecule has 0 saturated heterocycles. The van der Waals surface area contributed by atoms with Crippen molar-refractivity contribution in [1.82, 2.24) is 5.32 Å². The fourth-order valence-electron chi connectivity index (χ4n) is 4.65. The Morgan fingerprint density at radius 2 is 0.676 bits per heavy atom. The van der Waals surface area contributed by atoms with E-state index in [2.05, 4.69) is 171 Å². The highest BCUT2D eigenvalue weighted by atomic mass is 16.7. The number of para-hydroxylation sites is 2. The third-order valence-corrected chi connectivity index (χ3v) is 10.8. The van der Waals surface area contributed by atoms with Gasteiger partial charge >= 0.3 is 23.9 Å². The molecule has 0 aliphatic heterocycles. The zero-order valence-corrected chi connectivity index (χ0v) is 74.0. The summed E-state index contributed by atoms with van der Waals surface area (Å²) in [7, 11) is 0. The van der Waals surface area contributed by atoms with Crippen molar-refractivity contribution in [3.63, 3.8) is 0 Å². The highest BCUT2D eigenvalue weighted by Gasteiger charge is 2.19. The quantitative estimate of drug-likeness (QED) is 0.0160. The summed E-state index contributed by atoms with van der Waals surface area (Å²) in [5, 5.41) is 52.5. The van der Waals surface area contributed by atoms with Gasteiger partial charge in [-0.3, -0.25) is 28.8 Å². The lowest BCUT2D eigenvalue weighted by Gasteiger charge is -2.14. The third kappa shape index (κ3) is 180. The molecule has 111 heavy (non-hydrogen) atoms. The number of carboxylic acid groups (broad SMARTS) is 6. The fraction of sp³-hybridized carbons (Fsp3) is 0.441. The number of carbonyl (C=O) groups is 8. The number of carbonyl (C=O) groups excluding carboxylic acids is 2. The fourth-order valence-corrected chi connectivity index (χ4v) is 4.65. The van der Waals surface area contributed by atoms with Gasteiger partial charge in [-0.1, -0.05) is 251 Å². The van der Waals surface area contributed by atoms with Gasteiger partial charge in [-0.25, -0.2) is 9.59 Å². The Bertz CT molecular complexity index is 2870. The van der Waals surface area contributed by atoms with Gasteiger partial charge in [0.05, 0.1) is 25.5 Å². The first-order chi connectivity index (χ1) is 51.4. The molecule has 0 atom stereocenters. The molecule has 0 aliphatic carbocycles. The van der Waals surface area contributed by atoms with Crippen LogP contribution in [0, 0.1) is 0 Å². The second-order valence-electron chi connectivity index (χ2n) is 24.1. The molecule has 3 aromatic rings. The van der Waals surface area contributed by atoms with E-state index in [-0.39, 0.29) is 23.8 Å². The van der Waals surface area contributed by atoms with Crippen LogP contribution in [0.15, 0.2) is 243 Å². The predicted molar refractivity (Wildman–Crippen MR) is 479 cm³/mol. The lowest BCUT2D eigenvalue weighted by Crippen LogP contribution is -2.38. The maximum Gasteiger partial charge on any atom is 0.330 e. The summed E-state index contributed by atoms with van der Waals surface area (Å²) in [6.07, 6.45) is 13.4. The first kappa shape index (κ1) is 133. The van der Waals surface area contributed by atoms with E-state index in [0.717, 1.165) is 68.2 Å². The molecule has 0 aromatic heterocycles. The van der Waals surface area contributed by atoms with Crippen LogP contribution in [-0.2, 0) is 43.1 Å². The number of hydrogen-bond acceptors (Lipinski definition) is 10. The molecule has 0 saturated carbocycles. The average molecular weight is 1560 g/mol. The number of ether oxygens (including phenoxy) is 2. The molecule has 634 valence electrons. The van der Waals surface area contributed by atoms with Crippen LogP contribution in [0.2, 0.25) is 0 Å². The summed E-state index contributed by atoms with van der Waals surface area (Å²) in [4.78, 5) is 80.1. The second-order valence-corrected chi connectivity index (χ2v) is 24.1. The minimum absolute atomic E-state index is 0.138. The van der Waals surface area contributed by atoms with Gasteiger partial charge in [0.2, 0.25) is 5.91 Å². The molecule has 0 unspecified atom stereocenters. The molecule has 0 fully saturated rings. The molecular formula is C93H156N2O16. The normalized spacial score (nSPS) is 8.35. The molecule has 2 amide bonds. The standard InChI is InChI=1S/C11H14O2.C10H11NO.C9H13NO5.C9H10.3C6H12.4C5H10.2C4H6O2.2C2H4O2.2C2H6/c1-10(2)8-12-9-13-11-6-4-3-5-7-11;1-8(2)10(12)11-9-6-4-3-5-7-9;1-5(2)9(15)10-6(3-7(11)12)4-8(13)14;1-8(2)9-6-4-3-5-7-9;3*1-4-5-6(2)3;4*1-4-5(2)3;1-3(2)4(5)6;1-2-3-4(5)6;2*1-2(3)4;2*1-2/h3-7H,1,8-9H2,2H3;3-7H,1H2,2H3,(H,11,12);6H,1,3-4H2,2H3,(H,10,15)(H,11,12)(H,13,14);3-7H,1H2,2H3;3*2,4-5H2,1,3H3;4*2,4H2,1,3H3;1H2,2H3,(H,5,6);2-3H,1H3,(H,5,6);2*1H3,(H,3,4);2*1-2H3/b;;;;;;;;;;;;3-2+;;;;. The summed E-state index contributed by atoms with van der Waals surface area (Å²) >= 11 is 0. The molecule has 0 spiro atoms. The van der Waals surface area contributed by atoms with Crippen molar-refractivity contribution in [1.29, 1.82) is 0 Å². The number of benzene rings is 3. The molecule has 8 N–H and O–H groups in total. The van der Waals surface area contributed by atoms with Gasteiger partial charge in [0.15, 0.2) is 6.79 Å². The molecule has 3 aromatic carbocycles. The Hall–Kier alpha value is -10.2. The van der Waals surface area contributed by atoms with Crippen LogP contribution < -0.4 is 15.4 Å². The number of allylic oxidation sites excluding steroid dienone is 9. The molecule has 3 rings (SSSR count). The Morgan fingerprint density at radius 3 is 0.847 bits per heavy atom. The van der Waals surface area contributed by atoms with Crippen molar-refractivity contribution in [2.75, 3.05) is 18.7 Å². The lowest BCUT2D eigenvalue weighted by molar-refractivity contribution is -0.140. The van der Waals surface area contributed by atoms with Crippen LogP contribution in [0.5, 0.6) is 5.75 Å². The number of aliphatic carboxylic acids is 6. The second kappa shape index (κ2) is 104. The van der Waals surface area contributed by atoms with E-state index in [1.54, 1.807) is 13.8 Å². The molecule has 0 aliphatic rings. The van der Waals surface area contributed by atoms with E-state index in [0.29, 0.717) is 12.2 Å². The van der Waals surface area contributed by atoms with Crippen molar-refractivity contribution in [3.05, 3.63) is 249 Å². The van der Waals surface area contributed by atoms with Gasteiger partial charge in [-0.05, 0) is 165 Å². The molecule has 0 radical (unpaired) electrons. The van der Waals surface area contributed by atoms with Gasteiger partial charge in [-0.2, -0.15) is 0 Å². The Morgan fingerprint density at radius 1 is 0.405 bits per heavy atom. The van der Waals surface area contributed by atoms with Gasteiger partial charge in [0.25, 0.3) is 17.8 Å². The largest absolute Gasteiger partial charge is 0.481 e. The molecular weight excluding hydrogens is 1400 g/mol. The summed E-state index contributed by atoms with van der Waals surface area (Å²) < 4.78 is 10.5. The van der Waals surface area contributed by atoms with Crippen LogP contribution in [0.3, 0.4) is 0 Å². The van der Waals surface area contributed by atoms with Crippen molar-refractivity contribution in [3.8, 4) is 5.75 Å². The highest BCUT2D eigenvalue weighted by molar-refractivity contribution is 6.02. The number of nitrogens with one attached hydrogen (secondary N) is 2. The molecule has 0 heterocycles. The summed E-state index contributed by atoms with van der Waals surface area (Å²) in [5.41, 5.74) is 13.9. The average Bonchev–Trinajstić information content (AvgIpc) is 0.947. The monoisotopic (exact) mass is 1560 g/mol. The van der Waals surface area contributed by atoms with Gasteiger partial charge in [0.1, 0.15) is 5.75 Å². The molecule has 18 heteroatoms. The smallest absolute Gasteiger partial charge is 0.330 e. The minimum Gasteiger partial charge on any atom is -0.481 e. The topological polar surface area (TPSA) is 300 Å². The first-order valence-corrected chi connectivity index (χ1v) is 37.1. The van der Waals surface area contributed by atoms with Crippen molar-refractivity contribution >= 4 is 58.9 Å². The maximum absolute atomic E-state index is 11.1. The minimum atomic E-state index is -1.16. The van der Waals surface area contributed by atoms with Crippen molar-refractivity contribution in [2.45, 2.75) is 263 Å². The summed E-state index contributed by atoms with van der Waals surface area (Å²) in [6, 6.07) is 28.1. The maximum atomic E-state index is 11.1. The van der Waals surface area contributed by atoms with Crippen LogP contribution in [-0.4, -0.2) is 97.7 Å². The van der Waals surface area contributed by atoms with E-state index in [1.165, 1.54) is 103 Å². The van der Waals surface area contributed by atoms with Crippen molar-refractivity contribution in [2.24, 2.45) is 0 Å². The lowest BCUT2D eigenvalue weighted by atomic mass is 10.1. The van der Waals surface area contributed by atoms with Crippen LogP contribution in [0.1, 0.15) is 263 Å². The van der Waals surface area contributed by atoms with Crippen LogP contribution in [0.25, 0.3) is 5.57 Å². The third-order valence-electron chi connectivity index (χ3n) is 10.8. The Kier molecular flexibility index (Phi) is 125. The molecule has 18 nitrogen and oxygen atoms in total. The summed E-state index contributed by atoms with van der Waals surface area (Å²) in [5.74, 6) is -5.67. The van der Waals surface area contributed by atoms with E-state index in [9.17, 15) is 28.8 Å². The van der Waals surface area contributed by atoms with Crippen LogP contribution in [0.4, 0.5) is 5.69 Å². The predicted octanol–water partition coefficient (Wildman–Crippen LogP) is 26.0. The highest BCUT2D eigenvalue weighted by Crippen LogP contribution is 2.10. The zero-order valence-electron chi connectivity index (χ0n) is 74.0. The number of hydrogen-bond donors (Lipinski definition) is 8. The number of carboxylic acids is 6. The van der Waals surface area contributed by atoms with E-state index >= 15 is 0 Å². The Labute approximate surface area is 675 Å². The van der Waals surface area contributed by atoms with E-state index in [4.69, 9.17) is 49.7 Å².